The van der Waals surface area contributed by atoms with Gasteiger partial charge in [0, 0.05) is 5.56 Å². The molecule has 0 unspecified atom stereocenters. The highest BCUT2D eigenvalue weighted by Gasteiger charge is 2.53. The molecule has 220 valence electrons. The largest absolute Gasteiger partial charge is 0.407 e. The summed E-state index contributed by atoms with van der Waals surface area (Å²) in [5.74, 6) is -0.0533. The summed E-state index contributed by atoms with van der Waals surface area (Å²) in [6, 6.07) is 29.0. The molecule has 0 radical (unpaired) electrons. The summed E-state index contributed by atoms with van der Waals surface area (Å²) >= 11 is 0. The van der Waals surface area contributed by atoms with Crippen LogP contribution in [0.25, 0.3) is 0 Å². The Morgan fingerprint density at radius 2 is 1.20 bits per heavy atom. The third kappa shape index (κ3) is 5.76. The molecule has 1 aliphatic heterocycles. The molecular weight excluding hydrogens is 539 g/mol. The van der Waals surface area contributed by atoms with Crippen LogP contribution in [0.15, 0.2) is 84.9 Å². The molecular formula is C35H49NO3Si2. The lowest BCUT2D eigenvalue weighted by atomic mass is 9.93. The third-order valence-corrected chi connectivity index (χ3v) is 20.2. The second kappa shape index (κ2) is 12.4. The highest BCUT2D eigenvalue weighted by molar-refractivity contribution is 6.99. The van der Waals surface area contributed by atoms with Crippen LogP contribution in [0.3, 0.4) is 0 Å². The van der Waals surface area contributed by atoms with Crippen LogP contribution >= 0.6 is 0 Å². The van der Waals surface area contributed by atoms with Gasteiger partial charge in [0.05, 0.1) is 18.8 Å². The lowest BCUT2D eigenvalue weighted by Gasteiger charge is -2.48. The maximum atomic E-state index is 13.5. The predicted molar refractivity (Wildman–Crippen MR) is 176 cm³/mol. The van der Waals surface area contributed by atoms with E-state index < -0.39 is 16.6 Å². The van der Waals surface area contributed by atoms with Crippen molar-refractivity contribution in [2.24, 2.45) is 0 Å². The highest BCUT2D eigenvalue weighted by atomic mass is 28.4. The molecule has 0 fully saturated rings. The van der Waals surface area contributed by atoms with Gasteiger partial charge in [-0.25, -0.2) is 0 Å². The second-order valence-corrected chi connectivity index (χ2v) is 23.2. The Hall–Kier alpha value is -2.52. The van der Waals surface area contributed by atoms with E-state index in [4.69, 9.17) is 8.85 Å². The summed E-state index contributed by atoms with van der Waals surface area (Å²) in [6.07, 6.45) is -0.277. The van der Waals surface area contributed by atoms with Gasteiger partial charge in [-0.15, -0.1) is 0 Å². The number of carbonyl (C=O) groups excluding carboxylic acids is 1. The molecule has 0 spiro atoms. The molecule has 1 aliphatic rings. The van der Waals surface area contributed by atoms with Crippen molar-refractivity contribution in [3.05, 3.63) is 96.1 Å². The average molecular weight is 588 g/mol. The molecule has 2 atom stereocenters. The van der Waals surface area contributed by atoms with E-state index in [2.05, 4.69) is 134 Å². The SMILES string of the molecule is CC(C)[Si](O[C@H]1c2ccccc2C(=O)N[C@H]1CO[Si](c1ccccc1)(c1ccccc1)C(C)(C)C)(C(C)C)C(C)C. The zero-order chi connectivity index (χ0) is 30.0. The van der Waals surface area contributed by atoms with Crippen LogP contribution in [0.4, 0.5) is 0 Å². The molecule has 3 aromatic rings. The lowest BCUT2D eigenvalue weighted by Crippen LogP contribution is -2.68. The number of fused-ring (bicyclic) bond motifs is 1. The fourth-order valence-electron chi connectivity index (χ4n) is 7.37. The normalized spacial score (nSPS) is 18.1. The molecule has 1 N–H and O–H groups in total. The predicted octanol–water partition coefficient (Wildman–Crippen LogP) is 7.61. The minimum Gasteiger partial charge on any atom is -0.407 e. The van der Waals surface area contributed by atoms with Gasteiger partial charge >= 0.3 is 0 Å². The van der Waals surface area contributed by atoms with Gasteiger partial charge in [0.2, 0.25) is 8.32 Å². The van der Waals surface area contributed by atoms with Crippen LogP contribution in [-0.4, -0.2) is 35.2 Å². The van der Waals surface area contributed by atoms with Crippen molar-refractivity contribution >= 4 is 32.9 Å². The Balaban J connectivity index is 1.83. The van der Waals surface area contributed by atoms with Gasteiger partial charge in [0.15, 0.2) is 0 Å². The first-order valence-electron chi connectivity index (χ1n) is 15.2. The Labute approximate surface area is 250 Å². The molecule has 0 saturated heterocycles. The number of hydrogen-bond donors (Lipinski definition) is 1. The average Bonchev–Trinajstić information content (AvgIpc) is 2.93. The topological polar surface area (TPSA) is 47.6 Å². The van der Waals surface area contributed by atoms with Crippen molar-refractivity contribution in [2.45, 2.75) is 96.1 Å². The van der Waals surface area contributed by atoms with E-state index in [9.17, 15) is 4.79 Å². The summed E-state index contributed by atoms with van der Waals surface area (Å²) in [5, 5.41) is 5.65. The summed E-state index contributed by atoms with van der Waals surface area (Å²) < 4.78 is 14.8. The molecule has 1 heterocycles. The molecule has 0 saturated carbocycles. The van der Waals surface area contributed by atoms with Crippen molar-refractivity contribution < 1.29 is 13.6 Å². The molecule has 3 aromatic carbocycles. The molecule has 4 rings (SSSR count). The summed E-state index contributed by atoms with van der Waals surface area (Å²) in [7, 11) is -5.08. The monoisotopic (exact) mass is 587 g/mol. The van der Waals surface area contributed by atoms with Gasteiger partial charge in [0.25, 0.3) is 14.2 Å². The first kappa shape index (κ1) is 31.4. The first-order valence-corrected chi connectivity index (χ1v) is 19.2. The molecule has 0 aromatic heterocycles. The summed E-state index contributed by atoms with van der Waals surface area (Å²) in [5.41, 5.74) is 2.95. The second-order valence-electron chi connectivity index (χ2n) is 13.5. The van der Waals surface area contributed by atoms with E-state index in [0.29, 0.717) is 28.8 Å². The lowest BCUT2D eigenvalue weighted by molar-refractivity contribution is 0.0667. The van der Waals surface area contributed by atoms with Crippen LogP contribution in [0.5, 0.6) is 0 Å². The van der Waals surface area contributed by atoms with Gasteiger partial charge in [-0.05, 0) is 43.7 Å². The van der Waals surface area contributed by atoms with Gasteiger partial charge in [0.1, 0.15) is 0 Å². The number of carbonyl (C=O) groups is 1. The van der Waals surface area contributed by atoms with Gasteiger partial charge in [-0.2, -0.15) is 0 Å². The molecule has 41 heavy (non-hydrogen) atoms. The minimum absolute atomic E-state index is 0.0533. The Kier molecular flexibility index (Phi) is 9.49. The molecule has 1 amide bonds. The van der Waals surface area contributed by atoms with Crippen LogP contribution < -0.4 is 15.7 Å². The van der Waals surface area contributed by atoms with Crippen LogP contribution in [-0.2, 0) is 8.85 Å². The van der Waals surface area contributed by atoms with Gasteiger partial charge < -0.3 is 14.2 Å². The maximum Gasteiger partial charge on any atom is 0.261 e. The van der Waals surface area contributed by atoms with Crippen molar-refractivity contribution in [3.8, 4) is 0 Å². The fraction of sp³-hybridized carbons (Fsp3) is 0.457. The van der Waals surface area contributed by atoms with E-state index in [-0.39, 0.29) is 23.1 Å². The number of rotatable bonds is 10. The standard InChI is InChI=1S/C35H49NO3Si2/c1-25(2)40(26(3)4,27(5)6)39-33-30-22-16-17-23-31(30)34(37)36-32(33)24-38-41(35(7,8)9,28-18-12-10-13-19-28)29-20-14-11-15-21-29/h10-23,25-27,32-33H,24H2,1-9H3,(H,36,37)/t32-,33-/m0/s1. The van der Waals surface area contributed by atoms with Crippen molar-refractivity contribution in [1.82, 2.24) is 5.32 Å². The smallest absolute Gasteiger partial charge is 0.261 e. The first-order chi connectivity index (χ1) is 19.4. The van der Waals surface area contributed by atoms with E-state index in [1.165, 1.54) is 10.4 Å². The van der Waals surface area contributed by atoms with E-state index in [1.54, 1.807) is 0 Å². The number of benzene rings is 3. The molecule has 0 aliphatic carbocycles. The zero-order valence-electron chi connectivity index (χ0n) is 26.4. The number of hydrogen-bond acceptors (Lipinski definition) is 3. The van der Waals surface area contributed by atoms with E-state index in [0.717, 1.165) is 5.56 Å². The Bertz CT molecular complexity index is 1240. The third-order valence-electron chi connectivity index (χ3n) is 9.13. The number of amides is 1. The number of nitrogens with one attached hydrogen (secondary N) is 1. The minimum atomic E-state index is -2.80. The maximum absolute atomic E-state index is 13.5. The quantitative estimate of drug-likeness (QED) is 0.248. The Morgan fingerprint density at radius 3 is 1.66 bits per heavy atom. The Morgan fingerprint density at radius 1 is 0.732 bits per heavy atom. The van der Waals surface area contributed by atoms with E-state index >= 15 is 0 Å². The molecule has 0 bridgehead atoms. The van der Waals surface area contributed by atoms with Gasteiger partial charge in [-0.1, -0.05) is 141 Å². The summed E-state index contributed by atoms with van der Waals surface area (Å²) in [4.78, 5) is 13.5. The van der Waals surface area contributed by atoms with Crippen molar-refractivity contribution in [3.63, 3.8) is 0 Å². The molecule has 4 nitrogen and oxygen atoms in total. The van der Waals surface area contributed by atoms with Crippen LogP contribution in [0, 0.1) is 0 Å². The van der Waals surface area contributed by atoms with E-state index in [1.807, 2.05) is 18.2 Å². The van der Waals surface area contributed by atoms with Crippen LogP contribution in [0.1, 0.15) is 84.3 Å². The van der Waals surface area contributed by atoms with Crippen LogP contribution in [0.2, 0.25) is 21.7 Å². The highest BCUT2D eigenvalue weighted by Crippen LogP contribution is 2.47. The zero-order valence-corrected chi connectivity index (χ0v) is 28.4. The summed E-state index contributed by atoms with van der Waals surface area (Å²) in [6.45, 7) is 21.1. The van der Waals surface area contributed by atoms with Crippen molar-refractivity contribution in [1.29, 1.82) is 0 Å². The molecule has 6 heteroatoms. The fourth-order valence-corrected chi connectivity index (χ4v) is 17.5. The van der Waals surface area contributed by atoms with Crippen molar-refractivity contribution in [2.75, 3.05) is 6.61 Å². The van der Waals surface area contributed by atoms with Gasteiger partial charge in [-0.3, -0.25) is 4.79 Å².